The predicted octanol–water partition coefficient (Wildman–Crippen LogP) is 3.11. The molecule has 1 N–H and O–H groups in total. The fraction of sp³-hybridized carbons (Fsp3) is 0.0500. The Bertz CT molecular complexity index is 946. The van der Waals surface area contributed by atoms with Gasteiger partial charge in [-0.25, -0.2) is 4.79 Å². The van der Waals surface area contributed by atoms with Crippen LogP contribution in [0.5, 0.6) is 0 Å². The lowest BCUT2D eigenvalue weighted by atomic mass is 10.1. The van der Waals surface area contributed by atoms with Crippen LogP contribution in [0.3, 0.4) is 0 Å². The number of carbonyl (C=O) groups is 2. The van der Waals surface area contributed by atoms with Crippen LogP contribution in [0.1, 0.15) is 16.1 Å². The molecular weight excluding hydrogens is 302 g/mol. The number of para-hydroxylation sites is 1. The van der Waals surface area contributed by atoms with E-state index in [1.807, 2.05) is 36.4 Å². The predicted molar refractivity (Wildman–Crippen MR) is 91.6 cm³/mol. The molecule has 3 rings (SSSR count). The second-order valence-electron chi connectivity index (χ2n) is 5.44. The Morgan fingerprint density at radius 2 is 1.58 bits per heavy atom. The van der Waals surface area contributed by atoms with Gasteiger partial charge in [-0.2, -0.15) is 4.57 Å². The van der Waals surface area contributed by atoms with Crippen molar-refractivity contribution in [1.29, 1.82) is 0 Å². The Hall–Kier alpha value is -3.27. The Morgan fingerprint density at radius 1 is 0.917 bits per heavy atom. The summed E-state index contributed by atoms with van der Waals surface area (Å²) in [5.41, 5.74) is 1.76. The monoisotopic (exact) mass is 318 g/mol. The van der Waals surface area contributed by atoms with E-state index in [-0.39, 0.29) is 17.9 Å². The summed E-state index contributed by atoms with van der Waals surface area (Å²) in [6.07, 6.45) is 0. The van der Waals surface area contributed by atoms with Gasteiger partial charge in [0.2, 0.25) is 23.5 Å². The molecule has 0 aliphatic rings. The highest BCUT2D eigenvalue weighted by Crippen LogP contribution is 2.16. The lowest BCUT2D eigenvalue weighted by molar-refractivity contribution is -0.659. The molecule has 3 aromatic rings. The van der Waals surface area contributed by atoms with E-state index < -0.39 is 5.97 Å². The van der Waals surface area contributed by atoms with Crippen molar-refractivity contribution in [2.75, 3.05) is 0 Å². The number of carboxylic acid groups (broad SMARTS) is 1. The van der Waals surface area contributed by atoms with Gasteiger partial charge in [0.25, 0.3) is 0 Å². The largest absolute Gasteiger partial charge is 0.477 e. The van der Waals surface area contributed by atoms with Crippen LogP contribution in [0.25, 0.3) is 16.5 Å². The van der Waals surface area contributed by atoms with E-state index in [1.165, 1.54) is 0 Å². The highest BCUT2D eigenvalue weighted by Gasteiger charge is 2.24. The average molecular weight is 318 g/mol. The number of nitrogens with zero attached hydrogens (tertiary/aromatic N) is 1. The van der Waals surface area contributed by atoms with Gasteiger partial charge < -0.3 is 5.11 Å². The van der Waals surface area contributed by atoms with Crippen molar-refractivity contribution >= 4 is 28.2 Å². The van der Waals surface area contributed by atoms with Gasteiger partial charge in [-0.15, -0.1) is 0 Å². The molecule has 0 fully saturated rings. The summed E-state index contributed by atoms with van der Waals surface area (Å²) in [6.45, 7) is 3.69. The molecule has 0 bridgehead atoms. The Morgan fingerprint density at radius 3 is 2.29 bits per heavy atom. The standard InChI is InChI=1S/C20H15NO3/c1-14(20(23)24)17-12-11-15-7-5-6-10-18(15)21(17)13-19(22)16-8-3-2-4-9-16/h2-12H,1,13H2/p+1. The van der Waals surface area contributed by atoms with Gasteiger partial charge in [0, 0.05) is 23.1 Å². The maximum atomic E-state index is 12.6. The molecule has 0 aliphatic heterocycles. The number of rotatable bonds is 5. The molecule has 4 nitrogen and oxygen atoms in total. The SMILES string of the molecule is C=C(C(=O)O)c1ccc2ccccc2[n+]1CC(=O)c1ccccc1. The molecule has 0 saturated carbocycles. The van der Waals surface area contributed by atoms with Gasteiger partial charge in [-0.3, -0.25) is 4.79 Å². The van der Waals surface area contributed by atoms with E-state index in [0.29, 0.717) is 11.3 Å². The molecule has 2 aromatic carbocycles. The third kappa shape index (κ3) is 2.94. The minimum atomic E-state index is -1.11. The van der Waals surface area contributed by atoms with Crippen molar-refractivity contribution in [3.63, 3.8) is 0 Å². The van der Waals surface area contributed by atoms with Crippen molar-refractivity contribution < 1.29 is 19.3 Å². The zero-order valence-electron chi connectivity index (χ0n) is 13.0. The lowest BCUT2D eigenvalue weighted by Gasteiger charge is -2.07. The van der Waals surface area contributed by atoms with Gasteiger partial charge in [0.05, 0.1) is 0 Å². The molecule has 118 valence electrons. The van der Waals surface area contributed by atoms with Crippen LogP contribution in [0.15, 0.2) is 73.3 Å². The highest BCUT2D eigenvalue weighted by molar-refractivity contribution is 6.13. The molecule has 0 atom stereocenters. The first-order chi connectivity index (χ1) is 11.6. The number of aromatic nitrogens is 1. The first-order valence-electron chi connectivity index (χ1n) is 7.50. The van der Waals surface area contributed by atoms with Crippen LogP contribution in [0.4, 0.5) is 0 Å². The number of fused-ring (bicyclic) bond motifs is 1. The van der Waals surface area contributed by atoms with Crippen molar-refractivity contribution in [2.24, 2.45) is 0 Å². The van der Waals surface area contributed by atoms with Crippen LogP contribution in [0, 0.1) is 0 Å². The van der Waals surface area contributed by atoms with Gasteiger partial charge in [0.15, 0.2) is 0 Å². The third-order valence-corrected chi connectivity index (χ3v) is 3.90. The van der Waals surface area contributed by atoms with Crippen molar-refractivity contribution in [3.8, 4) is 0 Å². The van der Waals surface area contributed by atoms with Gasteiger partial charge in [-0.1, -0.05) is 49.0 Å². The van der Waals surface area contributed by atoms with E-state index in [2.05, 4.69) is 6.58 Å². The number of Topliss-reactive ketones (excluding diaryl/α,β-unsaturated/α-hetero) is 1. The summed E-state index contributed by atoms with van der Waals surface area (Å²) in [6, 6.07) is 20.0. The molecule has 0 aliphatic carbocycles. The minimum absolute atomic E-state index is 0.0402. The van der Waals surface area contributed by atoms with Gasteiger partial charge in [0.1, 0.15) is 5.57 Å². The first-order valence-corrected chi connectivity index (χ1v) is 7.50. The maximum absolute atomic E-state index is 12.6. The number of hydrogen-bond acceptors (Lipinski definition) is 2. The van der Waals surface area contributed by atoms with Crippen molar-refractivity contribution in [3.05, 3.63) is 84.6 Å². The normalized spacial score (nSPS) is 10.5. The summed E-state index contributed by atoms with van der Waals surface area (Å²) in [5, 5.41) is 10.2. The average Bonchev–Trinajstić information content (AvgIpc) is 2.62. The molecule has 0 radical (unpaired) electrons. The molecular formula is C20H16NO3+. The van der Waals surface area contributed by atoms with Crippen molar-refractivity contribution in [1.82, 2.24) is 0 Å². The van der Waals surface area contributed by atoms with Crippen molar-refractivity contribution in [2.45, 2.75) is 6.54 Å². The summed E-state index contributed by atoms with van der Waals surface area (Å²) in [4.78, 5) is 24.0. The van der Waals surface area contributed by atoms with E-state index in [9.17, 15) is 14.7 Å². The number of pyridine rings is 1. The van der Waals surface area contributed by atoms with E-state index in [1.54, 1.807) is 34.9 Å². The van der Waals surface area contributed by atoms with Crippen LogP contribution < -0.4 is 4.57 Å². The van der Waals surface area contributed by atoms with Gasteiger partial charge >= 0.3 is 5.97 Å². The summed E-state index contributed by atoms with van der Waals surface area (Å²) in [7, 11) is 0. The summed E-state index contributed by atoms with van der Waals surface area (Å²) in [5.74, 6) is -1.19. The van der Waals surface area contributed by atoms with E-state index >= 15 is 0 Å². The number of aliphatic carboxylic acids is 1. The number of carboxylic acids is 1. The van der Waals surface area contributed by atoms with Crippen LogP contribution in [-0.2, 0) is 11.3 Å². The fourth-order valence-electron chi connectivity index (χ4n) is 2.67. The second kappa shape index (κ2) is 6.46. The lowest BCUT2D eigenvalue weighted by Crippen LogP contribution is -2.43. The molecule has 4 heteroatoms. The molecule has 0 amide bonds. The van der Waals surface area contributed by atoms with Crippen LogP contribution >= 0.6 is 0 Å². The Labute approximate surface area is 139 Å². The molecule has 1 heterocycles. The zero-order valence-corrected chi connectivity index (χ0v) is 13.0. The van der Waals surface area contributed by atoms with Crippen LogP contribution in [-0.4, -0.2) is 16.9 Å². The number of benzene rings is 2. The number of hydrogen-bond donors (Lipinski definition) is 1. The quantitative estimate of drug-likeness (QED) is 0.447. The second-order valence-corrected chi connectivity index (χ2v) is 5.44. The Balaban J connectivity index is 2.13. The fourth-order valence-corrected chi connectivity index (χ4v) is 2.67. The zero-order chi connectivity index (χ0) is 17.1. The molecule has 0 saturated heterocycles. The number of ketones is 1. The van der Waals surface area contributed by atoms with E-state index in [4.69, 9.17) is 0 Å². The molecule has 24 heavy (non-hydrogen) atoms. The first kappa shape index (κ1) is 15.6. The molecule has 1 aromatic heterocycles. The number of carbonyl (C=O) groups excluding carboxylic acids is 1. The third-order valence-electron chi connectivity index (χ3n) is 3.90. The summed E-state index contributed by atoms with van der Waals surface area (Å²) >= 11 is 0. The van der Waals surface area contributed by atoms with E-state index in [0.717, 1.165) is 10.9 Å². The molecule has 0 unspecified atom stereocenters. The smallest absolute Gasteiger partial charge is 0.341 e. The van der Waals surface area contributed by atoms with Crippen LogP contribution in [0.2, 0.25) is 0 Å². The maximum Gasteiger partial charge on any atom is 0.341 e. The minimum Gasteiger partial charge on any atom is -0.477 e. The highest BCUT2D eigenvalue weighted by atomic mass is 16.4. The topological polar surface area (TPSA) is 58.2 Å². The molecule has 0 spiro atoms. The van der Waals surface area contributed by atoms with Gasteiger partial charge in [-0.05, 0) is 12.1 Å². The summed E-state index contributed by atoms with van der Waals surface area (Å²) < 4.78 is 1.71. The Kier molecular flexibility index (Phi) is 4.20.